The molecule has 0 unspecified atom stereocenters. The van der Waals surface area contributed by atoms with E-state index < -0.39 is 11.6 Å². The van der Waals surface area contributed by atoms with Gasteiger partial charge >= 0.3 is 0 Å². The molecule has 0 radical (unpaired) electrons. The van der Waals surface area contributed by atoms with Gasteiger partial charge in [-0.2, -0.15) is 0 Å². The molecule has 5 nitrogen and oxygen atoms in total. The van der Waals surface area contributed by atoms with Crippen molar-refractivity contribution in [3.05, 3.63) is 81.5 Å². The van der Waals surface area contributed by atoms with E-state index in [1.807, 2.05) is 18.2 Å². The minimum Gasteiger partial charge on any atom is -0.314 e. The highest BCUT2D eigenvalue weighted by Gasteiger charge is 2.40. The maximum absolute atomic E-state index is 13.6. The van der Waals surface area contributed by atoms with Gasteiger partial charge in [-0.25, -0.2) is 8.78 Å². The summed E-state index contributed by atoms with van der Waals surface area (Å²) < 4.78 is 27.2. The van der Waals surface area contributed by atoms with Crippen molar-refractivity contribution in [3.63, 3.8) is 0 Å². The number of amides is 1. The third kappa shape index (κ3) is 3.95. The Hall–Kier alpha value is -2.77. The molecule has 8 heteroatoms. The van der Waals surface area contributed by atoms with Gasteiger partial charge in [0.2, 0.25) is 5.96 Å². The second-order valence-corrected chi connectivity index (χ2v) is 8.45. The second kappa shape index (κ2) is 8.05. The number of fused-ring (bicyclic) bond motifs is 2. The van der Waals surface area contributed by atoms with E-state index in [-0.39, 0.29) is 5.91 Å². The normalized spacial score (nSPS) is 18.9. The van der Waals surface area contributed by atoms with E-state index in [1.165, 1.54) is 12.1 Å². The molecule has 5 rings (SSSR count). The molecular weight excluding hydrogens is 422 g/mol. The number of hydrogen-bond donors (Lipinski definition) is 0. The van der Waals surface area contributed by atoms with Gasteiger partial charge in [0.15, 0.2) is 0 Å². The highest BCUT2D eigenvalue weighted by atomic mass is 35.5. The number of guanidine groups is 1. The molecule has 31 heavy (non-hydrogen) atoms. The SMILES string of the molecule is O=C1C2=C(CCN(Cc3cc(F)cc(F)c3)C2)N2CCN=C2N1Cc1cccc(Cl)c1. The Kier molecular flexibility index (Phi) is 5.24. The average molecular weight is 443 g/mol. The quantitative estimate of drug-likeness (QED) is 0.723. The molecule has 3 aliphatic heterocycles. The van der Waals surface area contributed by atoms with E-state index in [1.54, 1.807) is 11.0 Å². The van der Waals surface area contributed by atoms with Gasteiger partial charge in [0.25, 0.3) is 5.91 Å². The number of halogens is 3. The van der Waals surface area contributed by atoms with E-state index in [9.17, 15) is 13.6 Å². The van der Waals surface area contributed by atoms with E-state index in [0.29, 0.717) is 55.7 Å². The van der Waals surface area contributed by atoms with Crippen LogP contribution in [0.2, 0.25) is 5.02 Å². The monoisotopic (exact) mass is 442 g/mol. The molecule has 0 aliphatic carbocycles. The molecule has 0 spiro atoms. The molecule has 0 N–H and O–H groups in total. The van der Waals surface area contributed by atoms with Crippen LogP contribution in [0.4, 0.5) is 8.78 Å². The minimum atomic E-state index is -0.591. The largest absolute Gasteiger partial charge is 0.314 e. The summed E-state index contributed by atoms with van der Waals surface area (Å²) in [5.74, 6) is -0.552. The van der Waals surface area contributed by atoms with Crippen LogP contribution in [0.25, 0.3) is 0 Å². The van der Waals surface area contributed by atoms with E-state index in [2.05, 4.69) is 14.8 Å². The fourth-order valence-corrected chi connectivity index (χ4v) is 4.74. The number of rotatable bonds is 4. The first-order chi connectivity index (χ1) is 15.0. The molecule has 160 valence electrons. The van der Waals surface area contributed by atoms with Crippen LogP contribution in [-0.4, -0.2) is 52.7 Å². The molecule has 0 saturated carbocycles. The van der Waals surface area contributed by atoms with Gasteiger partial charge in [-0.1, -0.05) is 23.7 Å². The van der Waals surface area contributed by atoms with E-state index in [0.717, 1.165) is 29.4 Å². The zero-order chi connectivity index (χ0) is 21.5. The summed E-state index contributed by atoms with van der Waals surface area (Å²) in [7, 11) is 0. The van der Waals surface area contributed by atoms with Gasteiger partial charge in [-0.3, -0.25) is 19.6 Å². The van der Waals surface area contributed by atoms with Crippen molar-refractivity contribution >= 4 is 23.5 Å². The first-order valence-electron chi connectivity index (χ1n) is 10.3. The van der Waals surface area contributed by atoms with Gasteiger partial charge in [0.05, 0.1) is 18.7 Å². The van der Waals surface area contributed by atoms with Crippen molar-refractivity contribution in [2.75, 3.05) is 26.2 Å². The smallest absolute Gasteiger partial charge is 0.259 e. The average Bonchev–Trinajstić information content (AvgIpc) is 3.20. The number of carbonyl (C=O) groups excluding carboxylic acids is 1. The predicted molar refractivity (Wildman–Crippen MR) is 114 cm³/mol. The number of benzene rings is 2. The molecule has 1 amide bonds. The molecule has 3 aliphatic rings. The first kappa shape index (κ1) is 20.2. The van der Waals surface area contributed by atoms with Crippen LogP contribution in [0.3, 0.4) is 0 Å². The summed E-state index contributed by atoms with van der Waals surface area (Å²) in [6, 6.07) is 11.0. The van der Waals surface area contributed by atoms with Crippen molar-refractivity contribution in [1.82, 2.24) is 14.7 Å². The zero-order valence-electron chi connectivity index (χ0n) is 16.8. The summed E-state index contributed by atoms with van der Waals surface area (Å²) in [6.45, 7) is 3.32. The lowest BCUT2D eigenvalue weighted by atomic mass is 10.00. The molecule has 0 saturated heterocycles. The van der Waals surface area contributed by atoms with Crippen molar-refractivity contribution in [1.29, 1.82) is 0 Å². The van der Waals surface area contributed by atoms with Crippen LogP contribution in [0.5, 0.6) is 0 Å². The fraction of sp³-hybridized carbons (Fsp3) is 0.304. The zero-order valence-corrected chi connectivity index (χ0v) is 17.6. The number of carbonyl (C=O) groups is 1. The topological polar surface area (TPSA) is 39.2 Å². The standard InChI is InChI=1S/C23H21ClF2N4O/c24-17-3-1-2-15(8-17)13-30-22(31)20-14-28(12-16-9-18(25)11-19(26)10-16)6-4-21(20)29-7-5-27-23(29)30/h1-3,8-11H,4-7,12-14H2. The van der Waals surface area contributed by atoms with Gasteiger partial charge < -0.3 is 4.90 Å². The van der Waals surface area contributed by atoms with Gasteiger partial charge in [0.1, 0.15) is 11.6 Å². The van der Waals surface area contributed by atoms with Crippen LogP contribution in [0, 0.1) is 11.6 Å². The number of hydrogen-bond acceptors (Lipinski definition) is 4. The predicted octanol–water partition coefficient (Wildman–Crippen LogP) is 3.79. The molecule has 2 aromatic rings. The van der Waals surface area contributed by atoms with Crippen LogP contribution >= 0.6 is 11.6 Å². The Bertz CT molecular complexity index is 1100. The van der Waals surface area contributed by atoms with Gasteiger partial charge in [0, 0.05) is 49.4 Å². The molecule has 2 aromatic carbocycles. The maximum atomic E-state index is 13.6. The summed E-state index contributed by atoms with van der Waals surface area (Å²) in [5.41, 5.74) is 3.24. The highest BCUT2D eigenvalue weighted by molar-refractivity contribution is 6.30. The van der Waals surface area contributed by atoms with Crippen LogP contribution in [-0.2, 0) is 17.9 Å². The lowest BCUT2D eigenvalue weighted by molar-refractivity contribution is -0.125. The van der Waals surface area contributed by atoms with E-state index in [4.69, 9.17) is 11.6 Å². The third-order valence-electron chi connectivity index (χ3n) is 5.84. The van der Waals surface area contributed by atoms with Crippen molar-refractivity contribution in [2.24, 2.45) is 4.99 Å². The van der Waals surface area contributed by atoms with Crippen LogP contribution < -0.4 is 0 Å². The number of nitrogens with zero attached hydrogens (tertiary/aromatic N) is 4. The molecule has 0 atom stereocenters. The van der Waals surface area contributed by atoms with Crippen molar-refractivity contribution < 1.29 is 13.6 Å². The molecule has 0 fully saturated rings. The van der Waals surface area contributed by atoms with Crippen LogP contribution in [0.1, 0.15) is 17.5 Å². The minimum absolute atomic E-state index is 0.0676. The van der Waals surface area contributed by atoms with Crippen LogP contribution in [0.15, 0.2) is 58.7 Å². The van der Waals surface area contributed by atoms with Crippen molar-refractivity contribution in [2.45, 2.75) is 19.5 Å². The summed E-state index contributed by atoms with van der Waals surface area (Å²) in [4.78, 5) is 24.0. The first-order valence-corrected chi connectivity index (χ1v) is 10.6. The molecule has 3 heterocycles. The Morgan fingerprint density at radius 2 is 1.81 bits per heavy atom. The lowest BCUT2D eigenvalue weighted by Crippen LogP contribution is -2.53. The molecule has 0 aromatic heterocycles. The Balaban J connectivity index is 1.40. The summed E-state index contributed by atoms with van der Waals surface area (Å²) in [6.07, 6.45) is 0.697. The Labute approximate surface area is 184 Å². The Morgan fingerprint density at radius 1 is 1.00 bits per heavy atom. The summed E-state index contributed by atoms with van der Waals surface area (Å²) in [5, 5.41) is 0.623. The fourth-order valence-electron chi connectivity index (χ4n) is 4.53. The lowest BCUT2D eigenvalue weighted by Gasteiger charge is -2.42. The molecule has 0 bridgehead atoms. The molecular formula is C23H21ClF2N4O. The van der Waals surface area contributed by atoms with Crippen molar-refractivity contribution in [3.8, 4) is 0 Å². The third-order valence-corrected chi connectivity index (χ3v) is 6.08. The number of aliphatic imine (C=N–C) groups is 1. The Morgan fingerprint density at radius 3 is 2.58 bits per heavy atom. The van der Waals surface area contributed by atoms with E-state index >= 15 is 0 Å². The summed E-state index contributed by atoms with van der Waals surface area (Å²) >= 11 is 6.13. The van der Waals surface area contributed by atoms with Gasteiger partial charge in [-0.05, 0) is 35.4 Å². The highest BCUT2D eigenvalue weighted by Crippen LogP contribution is 2.32. The maximum Gasteiger partial charge on any atom is 0.259 e. The second-order valence-electron chi connectivity index (χ2n) is 8.02. The van der Waals surface area contributed by atoms with Gasteiger partial charge in [-0.15, -0.1) is 0 Å².